The average Bonchev–Trinajstić information content (AvgIpc) is 2.89. The molecule has 1 fully saturated rings. The van der Waals surface area contributed by atoms with Crippen LogP contribution in [0, 0.1) is 13.8 Å². The third-order valence-corrected chi connectivity index (χ3v) is 3.38. The largest absolute Gasteiger partial charge is 0.348 e. The maximum absolute atomic E-state index is 12.1. The molecule has 0 aliphatic carbocycles. The molecule has 0 atom stereocenters. The van der Waals surface area contributed by atoms with Crippen LogP contribution >= 0.6 is 11.6 Å². The number of halogens is 1. The molecule has 2 rings (SSSR count). The molecule has 0 N–H and O–H groups in total. The summed E-state index contributed by atoms with van der Waals surface area (Å²) in [6, 6.07) is 5.93. The van der Waals surface area contributed by atoms with E-state index in [2.05, 4.69) is 0 Å². The summed E-state index contributed by atoms with van der Waals surface area (Å²) in [5.41, 5.74) is 2.97. The number of rotatable bonds is 4. The van der Waals surface area contributed by atoms with Gasteiger partial charge in [-0.1, -0.05) is 18.2 Å². The second-order valence-electron chi connectivity index (χ2n) is 4.55. The minimum atomic E-state index is -0.369. The third kappa shape index (κ3) is 3.26. The standard InChI is InChI=1S/C14H18ClNO3/c1-10-4-3-5-11(2)14(10)16(12(17)8-15)9-13-18-6-7-19-13/h3-5,13H,6-9H2,1-2H3. The van der Waals surface area contributed by atoms with Crippen LogP contribution in [0.4, 0.5) is 5.69 Å². The predicted octanol–water partition coefficient (Wildman–Crippen LogP) is 2.25. The quantitative estimate of drug-likeness (QED) is 0.796. The molecule has 104 valence electrons. The van der Waals surface area contributed by atoms with Crippen molar-refractivity contribution in [3.8, 4) is 0 Å². The lowest BCUT2D eigenvalue weighted by Crippen LogP contribution is -2.39. The molecular formula is C14H18ClNO3. The van der Waals surface area contributed by atoms with Gasteiger partial charge in [0.2, 0.25) is 5.91 Å². The number of hydrogen-bond acceptors (Lipinski definition) is 3. The van der Waals surface area contributed by atoms with Gasteiger partial charge in [-0.25, -0.2) is 0 Å². The van der Waals surface area contributed by atoms with Crippen molar-refractivity contribution < 1.29 is 14.3 Å². The molecule has 0 bridgehead atoms. The number of carbonyl (C=O) groups is 1. The zero-order chi connectivity index (χ0) is 13.8. The molecule has 1 aliphatic heterocycles. The number of amides is 1. The van der Waals surface area contributed by atoms with Crippen molar-refractivity contribution >= 4 is 23.2 Å². The number of hydrogen-bond donors (Lipinski definition) is 0. The second-order valence-corrected chi connectivity index (χ2v) is 4.82. The van der Waals surface area contributed by atoms with Crippen molar-refractivity contribution in [2.75, 3.05) is 30.5 Å². The Bertz CT molecular complexity index is 438. The molecule has 1 saturated heterocycles. The summed E-state index contributed by atoms with van der Waals surface area (Å²) in [5.74, 6) is -0.196. The van der Waals surface area contributed by atoms with E-state index >= 15 is 0 Å². The van der Waals surface area contributed by atoms with Gasteiger partial charge in [-0.05, 0) is 25.0 Å². The highest BCUT2D eigenvalue weighted by atomic mass is 35.5. The van der Waals surface area contributed by atoms with Gasteiger partial charge in [-0.15, -0.1) is 11.6 Å². The monoisotopic (exact) mass is 283 g/mol. The van der Waals surface area contributed by atoms with Gasteiger partial charge in [0, 0.05) is 5.69 Å². The average molecular weight is 284 g/mol. The van der Waals surface area contributed by atoms with E-state index in [1.165, 1.54) is 0 Å². The lowest BCUT2D eigenvalue weighted by atomic mass is 10.1. The van der Waals surface area contributed by atoms with E-state index in [9.17, 15) is 4.79 Å². The molecule has 1 heterocycles. The van der Waals surface area contributed by atoms with Gasteiger partial charge in [-0.2, -0.15) is 0 Å². The van der Waals surface area contributed by atoms with E-state index in [1.807, 2.05) is 32.0 Å². The fraction of sp³-hybridized carbons (Fsp3) is 0.500. The smallest absolute Gasteiger partial charge is 0.242 e. The van der Waals surface area contributed by atoms with Gasteiger partial charge in [0.25, 0.3) is 0 Å². The fourth-order valence-electron chi connectivity index (χ4n) is 2.28. The zero-order valence-corrected chi connectivity index (χ0v) is 11.9. The molecule has 0 unspecified atom stereocenters. The highest BCUT2D eigenvalue weighted by Crippen LogP contribution is 2.26. The van der Waals surface area contributed by atoms with Crippen LogP contribution in [-0.2, 0) is 14.3 Å². The molecular weight excluding hydrogens is 266 g/mol. The van der Waals surface area contributed by atoms with E-state index in [-0.39, 0.29) is 18.1 Å². The Balaban J connectivity index is 2.28. The summed E-state index contributed by atoms with van der Waals surface area (Å²) in [6.07, 6.45) is -0.369. The summed E-state index contributed by atoms with van der Waals surface area (Å²) >= 11 is 5.71. The van der Waals surface area contributed by atoms with Crippen LogP contribution in [0.15, 0.2) is 18.2 Å². The molecule has 0 aromatic heterocycles. The molecule has 0 spiro atoms. The van der Waals surface area contributed by atoms with E-state index in [0.29, 0.717) is 19.8 Å². The molecule has 4 nitrogen and oxygen atoms in total. The minimum absolute atomic E-state index is 0.0551. The minimum Gasteiger partial charge on any atom is -0.348 e. The Labute approximate surface area is 118 Å². The SMILES string of the molecule is Cc1cccc(C)c1N(CC1OCCO1)C(=O)CCl. The first-order valence-electron chi connectivity index (χ1n) is 6.29. The van der Waals surface area contributed by atoms with Crippen LogP contribution in [0.1, 0.15) is 11.1 Å². The van der Waals surface area contributed by atoms with Gasteiger partial charge in [0.15, 0.2) is 6.29 Å². The first-order valence-corrected chi connectivity index (χ1v) is 6.82. The number of alkyl halides is 1. The Morgan fingerprint density at radius 3 is 2.42 bits per heavy atom. The Kier molecular flexibility index (Phi) is 4.80. The summed E-state index contributed by atoms with van der Waals surface area (Å²) in [4.78, 5) is 13.7. The molecule has 0 radical (unpaired) electrons. The Morgan fingerprint density at radius 1 is 1.32 bits per heavy atom. The number of anilines is 1. The number of para-hydroxylation sites is 1. The van der Waals surface area contributed by atoms with E-state index in [4.69, 9.17) is 21.1 Å². The normalized spacial score (nSPS) is 15.7. The molecule has 1 amide bonds. The maximum Gasteiger partial charge on any atom is 0.242 e. The molecule has 1 aliphatic rings. The van der Waals surface area contributed by atoms with Crippen molar-refractivity contribution in [1.82, 2.24) is 0 Å². The number of aryl methyl sites for hydroxylation is 2. The predicted molar refractivity (Wildman–Crippen MR) is 74.7 cm³/mol. The third-order valence-electron chi connectivity index (χ3n) is 3.15. The Hall–Kier alpha value is -1.10. The van der Waals surface area contributed by atoms with E-state index < -0.39 is 0 Å². The molecule has 1 aromatic rings. The Morgan fingerprint density at radius 2 is 1.89 bits per heavy atom. The molecule has 19 heavy (non-hydrogen) atoms. The topological polar surface area (TPSA) is 38.8 Å². The number of nitrogens with zero attached hydrogens (tertiary/aromatic N) is 1. The van der Waals surface area contributed by atoms with Crippen LogP contribution in [0.5, 0.6) is 0 Å². The fourth-order valence-corrected chi connectivity index (χ4v) is 2.43. The zero-order valence-electron chi connectivity index (χ0n) is 11.2. The number of benzene rings is 1. The highest BCUT2D eigenvalue weighted by molar-refractivity contribution is 6.29. The van der Waals surface area contributed by atoms with Crippen LogP contribution < -0.4 is 4.90 Å². The van der Waals surface area contributed by atoms with E-state index in [1.54, 1.807) is 4.90 Å². The van der Waals surface area contributed by atoms with Crippen molar-refractivity contribution in [3.63, 3.8) is 0 Å². The summed E-state index contributed by atoms with van der Waals surface area (Å²) in [6.45, 7) is 5.47. The van der Waals surface area contributed by atoms with Crippen molar-refractivity contribution in [3.05, 3.63) is 29.3 Å². The number of carbonyl (C=O) groups excluding carboxylic acids is 1. The van der Waals surface area contributed by atoms with Crippen LogP contribution in [0.25, 0.3) is 0 Å². The maximum atomic E-state index is 12.1. The van der Waals surface area contributed by atoms with Crippen LogP contribution in [0.3, 0.4) is 0 Å². The first kappa shape index (κ1) is 14.3. The molecule has 1 aromatic carbocycles. The lowest BCUT2D eigenvalue weighted by Gasteiger charge is -2.27. The number of ether oxygens (including phenoxy) is 2. The molecule has 5 heteroatoms. The van der Waals surface area contributed by atoms with Crippen molar-refractivity contribution in [1.29, 1.82) is 0 Å². The van der Waals surface area contributed by atoms with Gasteiger partial charge in [-0.3, -0.25) is 4.79 Å². The van der Waals surface area contributed by atoms with Crippen LogP contribution in [0.2, 0.25) is 0 Å². The molecule has 0 saturated carbocycles. The van der Waals surface area contributed by atoms with Gasteiger partial charge in [0.1, 0.15) is 5.88 Å². The first-order chi connectivity index (χ1) is 9.13. The second kappa shape index (κ2) is 6.37. The van der Waals surface area contributed by atoms with Crippen molar-refractivity contribution in [2.24, 2.45) is 0 Å². The van der Waals surface area contributed by atoms with Crippen molar-refractivity contribution in [2.45, 2.75) is 20.1 Å². The van der Waals surface area contributed by atoms with Gasteiger partial charge in [0.05, 0.1) is 19.8 Å². The van der Waals surface area contributed by atoms with Crippen LogP contribution in [-0.4, -0.2) is 37.8 Å². The highest BCUT2D eigenvalue weighted by Gasteiger charge is 2.25. The van der Waals surface area contributed by atoms with E-state index in [0.717, 1.165) is 16.8 Å². The summed E-state index contributed by atoms with van der Waals surface area (Å²) in [5, 5.41) is 0. The lowest BCUT2D eigenvalue weighted by molar-refractivity contribution is -0.117. The van der Waals surface area contributed by atoms with Gasteiger partial charge < -0.3 is 14.4 Å². The van der Waals surface area contributed by atoms with Gasteiger partial charge >= 0.3 is 0 Å². The summed E-state index contributed by atoms with van der Waals surface area (Å²) < 4.78 is 10.8. The summed E-state index contributed by atoms with van der Waals surface area (Å²) in [7, 11) is 0.